The van der Waals surface area contributed by atoms with Crippen molar-refractivity contribution >= 4 is 5.69 Å². The first-order chi connectivity index (χ1) is 6.02. The maximum absolute atomic E-state index is 10.6. The van der Waals surface area contributed by atoms with Gasteiger partial charge < -0.3 is 0 Å². The van der Waals surface area contributed by atoms with Gasteiger partial charge in [-0.05, 0) is 18.9 Å². The van der Waals surface area contributed by atoms with Crippen molar-refractivity contribution in [2.45, 2.75) is 26.7 Å². The molecule has 0 amide bonds. The number of aryl methyl sites for hydroxylation is 1. The van der Waals surface area contributed by atoms with E-state index in [2.05, 4.69) is 0 Å². The third-order valence-electron chi connectivity index (χ3n) is 2.00. The molecule has 0 aliphatic carbocycles. The van der Waals surface area contributed by atoms with Crippen LogP contribution in [0, 0.1) is 17.0 Å². The van der Waals surface area contributed by atoms with E-state index < -0.39 is 0 Å². The van der Waals surface area contributed by atoms with Crippen molar-refractivity contribution < 1.29 is 4.92 Å². The molecule has 0 spiro atoms. The zero-order chi connectivity index (χ0) is 10.0. The summed E-state index contributed by atoms with van der Waals surface area (Å²) in [5.41, 5.74) is 2.10. The van der Waals surface area contributed by atoms with Gasteiger partial charge in [-0.25, -0.2) is 0 Å². The summed E-state index contributed by atoms with van der Waals surface area (Å²) >= 11 is 0. The smallest absolute Gasteiger partial charge is 0.258 e. The summed E-state index contributed by atoms with van der Waals surface area (Å²) in [5, 5.41) is 10.6. The number of rotatable bonds is 2. The van der Waals surface area contributed by atoms with E-state index in [0.29, 0.717) is 0 Å². The summed E-state index contributed by atoms with van der Waals surface area (Å²) in [6.45, 7) is 5.86. The fraction of sp³-hybridized carbons (Fsp3) is 0.400. The molecule has 0 unspecified atom stereocenters. The van der Waals surface area contributed by atoms with Crippen LogP contribution >= 0.6 is 0 Å². The predicted octanol–water partition coefficient (Wildman–Crippen LogP) is 3.03. The molecular formula is C10H13NO2. The Morgan fingerprint density at radius 1 is 1.38 bits per heavy atom. The lowest BCUT2D eigenvalue weighted by Gasteiger charge is -2.06. The highest BCUT2D eigenvalue weighted by Crippen LogP contribution is 2.26. The van der Waals surface area contributed by atoms with Crippen LogP contribution in [-0.2, 0) is 0 Å². The van der Waals surface area contributed by atoms with Gasteiger partial charge in [-0.2, -0.15) is 0 Å². The standard InChI is InChI=1S/C10H13NO2/c1-7(2)9-6-8(3)4-5-10(9)11(12)13/h4-7H,1-3H3. The van der Waals surface area contributed by atoms with Gasteiger partial charge in [-0.15, -0.1) is 0 Å². The molecule has 0 N–H and O–H groups in total. The molecule has 1 rings (SSSR count). The Morgan fingerprint density at radius 2 is 2.00 bits per heavy atom. The average Bonchev–Trinajstić information content (AvgIpc) is 2.03. The van der Waals surface area contributed by atoms with Crippen LogP contribution in [0.4, 0.5) is 5.69 Å². The normalized spacial score (nSPS) is 10.5. The molecular weight excluding hydrogens is 166 g/mol. The third-order valence-corrected chi connectivity index (χ3v) is 2.00. The summed E-state index contributed by atoms with van der Waals surface area (Å²) in [7, 11) is 0. The molecule has 3 heteroatoms. The molecule has 0 aliphatic heterocycles. The van der Waals surface area contributed by atoms with Crippen molar-refractivity contribution in [3.63, 3.8) is 0 Å². The van der Waals surface area contributed by atoms with Gasteiger partial charge in [0.15, 0.2) is 0 Å². The molecule has 70 valence electrons. The molecule has 0 atom stereocenters. The number of hydrogen-bond acceptors (Lipinski definition) is 2. The monoisotopic (exact) mass is 179 g/mol. The molecule has 0 radical (unpaired) electrons. The van der Waals surface area contributed by atoms with Crippen LogP contribution in [-0.4, -0.2) is 4.92 Å². The first kappa shape index (κ1) is 9.71. The maximum Gasteiger partial charge on any atom is 0.272 e. The van der Waals surface area contributed by atoms with E-state index in [-0.39, 0.29) is 16.5 Å². The predicted molar refractivity (Wildman–Crippen MR) is 51.9 cm³/mol. The van der Waals surface area contributed by atoms with Gasteiger partial charge in [-0.3, -0.25) is 10.1 Å². The summed E-state index contributed by atoms with van der Waals surface area (Å²) in [4.78, 5) is 10.3. The fourth-order valence-corrected chi connectivity index (χ4v) is 1.30. The fourth-order valence-electron chi connectivity index (χ4n) is 1.30. The van der Waals surface area contributed by atoms with Crippen molar-refractivity contribution in [2.75, 3.05) is 0 Å². The zero-order valence-electron chi connectivity index (χ0n) is 8.07. The van der Waals surface area contributed by atoms with Crippen molar-refractivity contribution in [2.24, 2.45) is 0 Å². The molecule has 0 fully saturated rings. The third kappa shape index (κ3) is 2.05. The SMILES string of the molecule is Cc1ccc([N+](=O)[O-])c(C(C)C)c1. The van der Waals surface area contributed by atoms with Gasteiger partial charge >= 0.3 is 0 Å². The number of nitro groups is 1. The van der Waals surface area contributed by atoms with Crippen LogP contribution in [0.5, 0.6) is 0 Å². The zero-order valence-corrected chi connectivity index (χ0v) is 8.07. The van der Waals surface area contributed by atoms with E-state index in [0.717, 1.165) is 11.1 Å². The highest BCUT2D eigenvalue weighted by atomic mass is 16.6. The second kappa shape index (κ2) is 3.56. The quantitative estimate of drug-likeness (QED) is 0.517. The molecule has 0 saturated carbocycles. The minimum atomic E-state index is -0.325. The summed E-state index contributed by atoms with van der Waals surface area (Å²) in [5.74, 6) is 0.195. The van der Waals surface area contributed by atoms with Gasteiger partial charge in [0.1, 0.15) is 0 Å². The van der Waals surface area contributed by atoms with Crippen molar-refractivity contribution in [1.82, 2.24) is 0 Å². The van der Waals surface area contributed by atoms with Gasteiger partial charge in [-0.1, -0.05) is 25.5 Å². The van der Waals surface area contributed by atoms with Gasteiger partial charge in [0.05, 0.1) is 4.92 Å². The van der Waals surface area contributed by atoms with Gasteiger partial charge in [0.2, 0.25) is 0 Å². The molecule has 13 heavy (non-hydrogen) atoms. The Morgan fingerprint density at radius 3 is 2.46 bits per heavy atom. The van der Waals surface area contributed by atoms with E-state index in [1.54, 1.807) is 12.1 Å². The van der Waals surface area contributed by atoms with Crippen molar-refractivity contribution in [3.05, 3.63) is 39.4 Å². The van der Waals surface area contributed by atoms with E-state index in [1.165, 1.54) is 0 Å². The number of nitro benzene ring substituents is 1. The largest absolute Gasteiger partial charge is 0.272 e. The number of hydrogen-bond donors (Lipinski definition) is 0. The highest BCUT2D eigenvalue weighted by Gasteiger charge is 2.15. The van der Waals surface area contributed by atoms with Gasteiger partial charge in [0, 0.05) is 11.6 Å². The van der Waals surface area contributed by atoms with Crippen LogP contribution in [0.3, 0.4) is 0 Å². The lowest BCUT2D eigenvalue weighted by Crippen LogP contribution is -1.97. The molecule has 0 saturated heterocycles. The maximum atomic E-state index is 10.6. The van der Waals surface area contributed by atoms with E-state index >= 15 is 0 Å². The van der Waals surface area contributed by atoms with Crippen molar-refractivity contribution in [1.29, 1.82) is 0 Å². The Bertz CT molecular complexity index is 332. The Labute approximate surface area is 77.5 Å². The van der Waals surface area contributed by atoms with Gasteiger partial charge in [0.25, 0.3) is 5.69 Å². The summed E-state index contributed by atoms with van der Waals surface area (Å²) in [6, 6.07) is 5.22. The number of nitrogens with zero attached hydrogens (tertiary/aromatic N) is 1. The summed E-state index contributed by atoms with van der Waals surface area (Å²) < 4.78 is 0. The average molecular weight is 179 g/mol. The van der Waals surface area contributed by atoms with E-state index in [1.807, 2.05) is 26.8 Å². The molecule has 0 bridgehead atoms. The lowest BCUT2D eigenvalue weighted by molar-refractivity contribution is -0.385. The lowest BCUT2D eigenvalue weighted by atomic mass is 9.99. The minimum Gasteiger partial charge on any atom is -0.258 e. The first-order valence-electron chi connectivity index (χ1n) is 4.27. The Kier molecular flexibility index (Phi) is 2.66. The molecule has 3 nitrogen and oxygen atoms in total. The molecule has 1 aromatic carbocycles. The van der Waals surface area contributed by atoms with Crippen molar-refractivity contribution in [3.8, 4) is 0 Å². The van der Waals surface area contributed by atoms with Crippen LogP contribution in [0.15, 0.2) is 18.2 Å². The second-order valence-corrected chi connectivity index (χ2v) is 3.47. The van der Waals surface area contributed by atoms with Crippen LogP contribution in [0.1, 0.15) is 30.9 Å². The van der Waals surface area contributed by atoms with Crippen LogP contribution < -0.4 is 0 Å². The van der Waals surface area contributed by atoms with E-state index in [4.69, 9.17) is 0 Å². The van der Waals surface area contributed by atoms with Crippen LogP contribution in [0.25, 0.3) is 0 Å². The van der Waals surface area contributed by atoms with Crippen LogP contribution in [0.2, 0.25) is 0 Å². The summed E-state index contributed by atoms with van der Waals surface area (Å²) in [6.07, 6.45) is 0. The molecule has 0 aromatic heterocycles. The number of benzene rings is 1. The topological polar surface area (TPSA) is 43.1 Å². The molecule has 1 aromatic rings. The first-order valence-corrected chi connectivity index (χ1v) is 4.27. The minimum absolute atomic E-state index is 0.195. The Balaban J connectivity index is 3.26. The Hall–Kier alpha value is -1.38. The second-order valence-electron chi connectivity index (χ2n) is 3.47. The highest BCUT2D eigenvalue weighted by molar-refractivity contribution is 5.44. The molecule has 0 aliphatic rings. The molecule has 0 heterocycles. The van der Waals surface area contributed by atoms with E-state index in [9.17, 15) is 10.1 Å².